The second kappa shape index (κ2) is 5.06. The highest BCUT2D eigenvalue weighted by Gasteiger charge is 2.07. The van der Waals surface area contributed by atoms with Gasteiger partial charge in [-0.1, -0.05) is 12.1 Å². The molecule has 2 aromatic carbocycles. The van der Waals surface area contributed by atoms with Gasteiger partial charge in [0.05, 0.1) is 5.69 Å². The maximum absolute atomic E-state index is 13.5. The fourth-order valence-electron chi connectivity index (χ4n) is 2.20. The Morgan fingerprint density at radius 3 is 2.95 bits per heavy atom. The first-order chi connectivity index (χ1) is 9.78. The van der Waals surface area contributed by atoms with Gasteiger partial charge in [-0.15, -0.1) is 0 Å². The van der Waals surface area contributed by atoms with Crippen molar-refractivity contribution in [2.45, 2.75) is 6.54 Å². The molecule has 20 heavy (non-hydrogen) atoms. The minimum Gasteiger partial charge on any atom is -0.380 e. The SMILES string of the molecule is N#Cc1c(F)cccc1NCc1ccc2[nH]ccc2c1. The summed E-state index contributed by atoms with van der Waals surface area (Å²) in [6.07, 6.45) is 1.89. The molecule has 0 fully saturated rings. The summed E-state index contributed by atoms with van der Waals surface area (Å²) in [6.45, 7) is 0.541. The van der Waals surface area contributed by atoms with Crippen molar-refractivity contribution in [3.05, 3.63) is 65.6 Å². The van der Waals surface area contributed by atoms with Gasteiger partial charge in [-0.05, 0) is 41.3 Å². The third-order valence-corrected chi connectivity index (χ3v) is 3.23. The van der Waals surface area contributed by atoms with Crippen molar-refractivity contribution in [3.63, 3.8) is 0 Å². The summed E-state index contributed by atoms with van der Waals surface area (Å²) in [5.74, 6) is -0.501. The van der Waals surface area contributed by atoms with E-state index in [2.05, 4.69) is 16.4 Å². The summed E-state index contributed by atoms with van der Waals surface area (Å²) in [6, 6.07) is 14.5. The molecule has 0 aliphatic heterocycles. The number of H-pyrrole nitrogens is 1. The Morgan fingerprint density at radius 2 is 2.10 bits per heavy atom. The summed E-state index contributed by atoms with van der Waals surface area (Å²) in [5.41, 5.74) is 2.72. The predicted octanol–water partition coefficient (Wildman–Crippen LogP) is 3.79. The van der Waals surface area contributed by atoms with Crippen LogP contribution >= 0.6 is 0 Å². The smallest absolute Gasteiger partial charge is 0.143 e. The molecule has 3 nitrogen and oxygen atoms in total. The lowest BCUT2D eigenvalue weighted by atomic mass is 10.1. The number of nitrogens with zero attached hydrogens (tertiary/aromatic N) is 1. The zero-order valence-electron chi connectivity index (χ0n) is 10.7. The lowest BCUT2D eigenvalue weighted by molar-refractivity contribution is 0.624. The van der Waals surface area contributed by atoms with E-state index in [0.29, 0.717) is 12.2 Å². The van der Waals surface area contributed by atoms with Crippen molar-refractivity contribution >= 4 is 16.6 Å². The molecule has 0 radical (unpaired) electrons. The zero-order valence-corrected chi connectivity index (χ0v) is 10.7. The molecule has 0 bridgehead atoms. The quantitative estimate of drug-likeness (QED) is 0.757. The van der Waals surface area contributed by atoms with Crippen LogP contribution < -0.4 is 5.32 Å². The number of aromatic amines is 1. The molecule has 0 spiro atoms. The van der Waals surface area contributed by atoms with Crippen LogP contribution in [0.3, 0.4) is 0 Å². The summed E-state index contributed by atoms with van der Waals surface area (Å²) in [7, 11) is 0. The predicted molar refractivity (Wildman–Crippen MR) is 76.7 cm³/mol. The van der Waals surface area contributed by atoms with Gasteiger partial charge in [0.1, 0.15) is 17.4 Å². The number of nitrogens with one attached hydrogen (secondary N) is 2. The molecule has 0 aliphatic rings. The molecule has 0 aliphatic carbocycles. The third kappa shape index (κ3) is 2.21. The molecule has 1 aromatic heterocycles. The number of rotatable bonds is 3. The second-order valence-corrected chi connectivity index (χ2v) is 4.53. The highest BCUT2D eigenvalue weighted by atomic mass is 19.1. The van der Waals surface area contributed by atoms with Crippen LogP contribution in [0.2, 0.25) is 0 Å². The monoisotopic (exact) mass is 265 g/mol. The summed E-state index contributed by atoms with van der Waals surface area (Å²) >= 11 is 0. The summed E-state index contributed by atoms with van der Waals surface area (Å²) < 4.78 is 13.5. The lowest BCUT2D eigenvalue weighted by Gasteiger charge is -2.09. The van der Waals surface area contributed by atoms with Gasteiger partial charge in [-0.25, -0.2) is 4.39 Å². The van der Waals surface area contributed by atoms with E-state index >= 15 is 0 Å². The van der Waals surface area contributed by atoms with Crippen LogP contribution in [-0.4, -0.2) is 4.98 Å². The fourth-order valence-corrected chi connectivity index (χ4v) is 2.20. The van der Waals surface area contributed by atoms with Crippen molar-refractivity contribution in [2.24, 2.45) is 0 Å². The molecule has 3 rings (SSSR count). The topological polar surface area (TPSA) is 51.6 Å². The van der Waals surface area contributed by atoms with E-state index in [1.54, 1.807) is 12.1 Å². The molecule has 98 valence electrons. The van der Waals surface area contributed by atoms with Crippen molar-refractivity contribution in [1.82, 2.24) is 4.98 Å². The van der Waals surface area contributed by atoms with Crippen LogP contribution in [0.25, 0.3) is 10.9 Å². The number of halogens is 1. The Labute approximate surface area is 115 Å². The Balaban J connectivity index is 1.83. The van der Waals surface area contributed by atoms with Crippen molar-refractivity contribution in [2.75, 3.05) is 5.32 Å². The average molecular weight is 265 g/mol. The number of anilines is 1. The van der Waals surface area contributed by atoms with E-state index < -0.39 is 5.82 Å². The van der Waals surface area contributed by atoms with Gasteiger partial charge in [-0.3, -0.25) is 0 Å². The van der Waals surface area contributed by atoms with Gasteiger partial charge >= 0.3 is 0 Å². The van der Waals surface area contributed by atoms with Gasteiger partial charge in [0, 0.05) is 18.3 Å². The summed E-state index contributed by atoms with van der Waals surface area (Å²) in [4.78, 5) is 3.13. The zero-order chi connectivity index (χ0) is 13.9. The molecule has 0 amide bonds. The molecule has 4 heteroatoms. The van der Waals surface area contributed by atoms with E-state index in [1.165, 1.54) is 6.07 Å². The van der Waals surface area contributed by atoms with E-state index in [0.717, 1.165) is 16.5 Å². The van der Waals surface area contributed by atoms with Crippen LogP contribution in [-0.2, 0) is 6.54 Å². The first-order valence-electron chi connectivity index (χ1n) is 6.26. The first kappa shape index (κ1) is 12.2. The lowest BCUT2D eigenvalue weighted by Crippen LogP contribution is -2.02. The van der Waals surface area contributed by atoms with Crippen LogP contribution in [0.5, 0.6) is 0 Å². The standard InChI is InChI=1S/C16H12FN3/c17-14-2-1-3-16(13(14)9-18)20-10-11-4-5-15-12(8-11)6-7-19-15/h1-8,19-20H,10H2. The first-order valence-corrected chi connectivity index (χ1v) is 6.26. The number of fused-ring (bicyclic) bond motifs is 1. The van der Waals surface area contributed by atoms with E-state index in [9.17, 15) is 4.39 Å². The molecule has 0 unspecified atom stereocenters. The van der Waals surface area contributed by atoms with Crippen LogP contribution in [0, 0.1) is 17.1 Å². The van der Waals surface area contributed by atoms with Gasteiger partial charge in [-0.2, -0.15) is 5.26 Å². The number of benzene rings is 2. The maximum atomic E-state index is 13.5. The number of hydrogen-bond donors (Lipinski definition) is 2. The van der Waals surface area contributed by atoms with Crippen molar-refractivity contribution < 1.29 is 4.39 Å². The Hall–Kier alpha value is -2.80. The number of nitriles is 1. The van der Waals surface area contributed by atoms with Gasteiger partial charge in [0.2, 0.25) is 0 Å². The molecular weight excluding hydrogens is 253 g/mol. The minimum atomic E-state index is -0.501. The molecule has 3 aromatic rings. The summed E-state index contributed by atoms with van der Waals surface area (Å²) in [5, 5.41) is 13.2. The van der Waals surface area contributed by atoms with Crippen LogP contribution in [0.1, 0.15) is 11.1 Å². The van der Waals surface area contributed by atoms with Gasteiger partial charge < -0.3 is 10.3 Å². The fraction of sp³-hybridized carbons (Fsp3) is 0.0625. The van der Waals surface area contributed by atoms with E-state index in [4.69, 9.17) is 5.26 Å². The van der Waals surface area contributed by atoms with E-state index in [1.807, 2.05) is 30.5 Å². The highest BCUT2D eigenvalue weighted by Crippen LogP contribution is 2.20. The Bertz CT molecular complexity index is 799. The molecule has 2 N–H and O–H groups in total. The van der Waals surface area contributed by atoms with Gasteiger partial charge in [0.25, 0.3) is 0 Å². The largest absolute Gasteiger partial charge is 0.380 e. The van der Waals surface area contributed by atoms with Crippen molar-refractivity contribution in [1.29, 1.82) is 5.26 Å². The Morgan fingerprint density at radius 1 is 1.20 bits per heavy atom. The second-order valence-electron chi connectivity index (χ2n) is 4.53. The Kier molecular flexibility index (Phi) is 3.10. The van der Waals surface area contributed by atoms with E-state index in [-0.39, 0.29) is 5.56 Å². The van der Waals surface area contributed by atoms with Gasteiger partial charge in [0.15, 0.2) is 0 Å². The average Bonchev–Trinajstić information content (AvgIpc) is 2.92. The number of aromatic nitrogens is 1. The van der Waals surface area contributed by atoms with Crippen molar-refractivity contribution in [3.8, 4) is 6.07 Å². The highest BCUT2D eigenvalue weighted by molar-refractivity contribution is 5.80. The third-order valence-electron chi connectivity index (χ3n) is 3.23. The minimum absolute atomic E-state index is 0.0511. The molecular formula is C16H12FN3. The normalized spacial score (nSPS) is 10.4. The molecule has 0 atom stereocenters. The maximum Gasteiger partial charge on any atom is 0.143 e. The molecule has 1 heterocycles. The molecule has 0 saturated carbocycles. The number of hydrogen-bond acceptors (Lipinski definition) is 2. The molecule has 0 saturated heterocycles. The van der Waals surface area contributed by atoms with Crippen LogP contribution in [0.4, 0.5) is 10.1 Å². The van der Waals surface area contributed by atoms with Crippen LogP contribution in [0.15, 0.2) is 48.7 Å².